The van der Waals surface area contributed by atoms with E-state index in [-0.39, 0.29) is 22.2 Å². The van der Waals surface area contributed by atoms with Crippen LogP contribution in [0.4, 0.5) is 11.4 Å². The van der Waals surface area contributed by atoms with Crippen LogP contribution in [0.5, 0.6) is 0 Å². The van der Waals surface area contributed by atoms with Crippen molar-refractivity contribution in [1.29, 1.82) is 0 Å². The molecule has 0 aliphatic heterocycles. The number of nitrogens with zero attached hydrogens (tertiary/aromatic N) is 2. The summed E-state index contributed by atoms with van der Waals surface area (Å²) in [5.41, 5.74) is 0.865. The number of rotatable bonds is 10. The van der Waals surface area contributed by atoms with Crippen molar-refractivity contribution in [2.75, 3.05) is 16.2 Å². The molecule has 0 bridgehead atoms. The summed E-state index contributed by atoms with van der Waals surface area (Å²) in [5, 5.41) is 6.74. The largest absolute Gasteiger partial charge is 0.360 e. The minimum atomic E-state index is -4.76. The van der Waals surface area contributed by atoms with E-state index in [0.717, 1.165) is 4.88 Å². The number of carbonyl (C=O) groups is 1. The SMILES string of the molecule is CC(=O)Nc1ccc(S(=O)(=O)N[C@@H](CN(c2ccccc2)S(=O)(=O)O)c2csc(-c3cccs3)n2)cc1. The number of aromatic nitrogens is 1. The Morgan fingerprint density at radius 1 is 1.00 bits per heavy atom. The highest BCUT2D eigenvalue weighted by Crippen LogP contribution is 2.31. The van der Waals surface area contributed by atoms with Gasteiger partial charge in [0.25, 0.3) is 0 Å². The van der Waals surface area contributed by atoms with Crippen LogP contribution in [0, 0.1) is 0 Å². The number of anilines is 2. The Labute approximate surface area is 222 Å². The van der Waals surface area contributed by atoms with Crippen LogP contribution in [-0.2, 0) is 25.1 Å². The van der Waals surface area contributed by atoms with Crippen LogP contribution in [0.2, 0.25) is 0 Å². The summed E-state index contributed by atoms with van der Waals surface area (Å²) in [6, 6.07) is 16.0. The predicted octanol–water partition coefficient (Wildman–Crippen LogP) is 4.16. The Morgan fingerprint density at radius 3 is 2.30 bits per heavy atom. The highest BCUT2D eigenvalue weighted by Gasteiger charge is 2.30. The first-order chi connectivity index (χ1) is 17.5. The van der Waals surface area contributed by atoms with Gasteiger partial charge in [0.15, 0.2) is 0 Å². The number of sulfonamides is 1. The molecule has 4 aromatic rings. The fourth-order valence-corrected chi connectivity index (χ4v) is 7.03. The van der Waals surface area contributed by atoms with Gasteiger partial charge in [-0.2, -0.15) is 8.42 Å². The van der Waals surface area contributed by atoms with Crippen molar-refractivity contribution in [1.82, 2.24) is 9.71 Å². The molecule has 194 valence electrons. The van der Waals surface area contributed by atoms with Gasteiger partial charge in [-0.1, -0.05) is 24.3 Å². The van der Waals surface area contributed by atoms with Crippen LogP contribution in [-0.4, -0.2) is 38.8 Å². The first kappa shape index (κ1) is 26.9. The maximum Gasteiger partial charge on any atom is 0.360 e. The zero-order valence-corrected chi connectivity index (χ0v) is 22.6. The van der Waals surface area contributed by atoms with E-state index in [9.17, 15) is 26.2 Å². The maximum atomic E-state index is 13.3. The highest BCUT2D eigenvalue weighted by atomic mass is 32.2. The van der Waals surface area contributed by atoms with E-state index in [1.54, 1.807) is 23.6 Å². The number of nitrogens with one attached hydrogen (secondary N) is 2. The number of benzene rings is 2. The molecule has 0 spiro atoms. The molecule has 1 atom stereocenters. The minimum absolute atomic E-state index is 0.0987. The summed E-state index contributed by atoms with van der Waals surface area (Å²) in [4.78, 5) is 16.6. The van der Waals surface area contributed by atoms with Gasteiger partial charge in [0, 0.05) is 18.0 Å². The Morgan fingerprint density at radius 2 is 1.70 bits per heavy atom. The molecule has 1 amide bonds. The van der Waals surface area contributed by atoms with E-state index in [1.807, 2.05) is 17.5 Å². The maximum absolute atomic E-state index is 13.3. The number of thiophene rings is 1. The van der Waals surface area contributed by atoms with Crippen LogP contribution in [0.15, 0.2) is 82.4 Å². The molecule has 10 nitrogen and oxygen atoms in total. The second-order valence-corrected chi connectivity index (χ2v) is 12.6. The van der Waals surface area contributed by atoms with E-state index in [4.69, 9.17) is 0 Å². The molecular formula is C23H22N4O6S4. The number of carbonyl (C=O) groups excluding carboxylic acids is 1. The van der Waals surface area contributed by atoms with E-state index in [2.05, 4.69) is 15.0 Å². The van der Waals surface area contributed by atoms with Crippen LogP contribution >= 0.6 is 22.7 Å². The Hall–Kier alpha value is -3.14. The molecule has 0 fully saturated rings. The molecule has 2 aromatic carbocycles. The van der Waals surface area contributed by atoms with E-state index >= 15 is 0 Å². The Balaban J connectivity index is 1.70. The summed E-state index contributed by atoms with van der Waals surface area (Å²) in [6.07, 6.45) is 0. The molecule has 0 radical (unpaired) electrons. The lowest BCUT2D eigenvalue weighted by molar-refractivity contribution is -0.114. The van der Waals surface area contributed by atoms with Crippen molar-refractivity contribution in [2.45, 2.75) is 17.9 Å². The smallest absolute Gasteiger partial charge is 0.326 e. The van der Waals surface area contributed by atoms with Crippen LogP contribution in [0.25, 0.3) is 9.88 Å². The second-order valence-electron chi connectivity index (χ2n) is 7.78. The van der Waals surface area contributed by atoms with Gasteiger partial charge in [-0.25, -0.2) is 22.4 Å². The lowest BCUT2D eigenvalue weighted by Crippen LogP contribution is -2.41. The van der Waals surface area contributed by atoms with Gasteiger partial charge < -0.3 is 5.32 Å². The normalized spacial score (nSPS) is 12.7. The molecule has 2 aromatic heterocycles. The monoisotopic (exact) mass is 578 g/mol. The van der Waals surface area contributed by atoms with Crippen LogP contribution in [0.1, 0.15) is 18.7 Å². The molecule has 0 saturated heterocycles. The Kier molecular flexibility index (Phi) is 8.06. The van der Waals surface area contributed by atoms with Gasteiger partial charge in [0.2, 0.25) is 15.9 Å². The fourth-order valence-electron chi connectivity index (χ4n) is 3.42. The van der Waals surface area contributed by atoms with Crippen molar-refractivity contribution >= 4 is 60.3 Å². The predicted molar refractivity (Wildman–Crippen MR) is 145 cm³/mol. The zero-order valence-electron chi connectivity index (χ0n) is 19.3. The summed E-state index contributed by atoms with van der Waals surface area (Å²) < 4.78 is 64.4. The number of hydrogen-bond acceptors (Lipinski definition) is 8. The third-order valence-electron chi connectivity index (χ3n) is 5.06. The molecular weight excluding hydrogens is 557 g/mol. The summed E-state index contributed by atoms with van der Waals surface area (Å²) in [6.45, 7) is 0.877. The van der Waals surface area contributed by atoms with Gasteiger partial charge in [0.1, 0.15) is 5.01 Å². The van der Waals surface area contributed by atoms with Crippen molar-refractivity contribution in [3.05, 3.63) is 83.2 Å². The van der Waals surface area contributed by atoms with E-state index in [1.165, 1.54) is 66.0 Å². The number of para-hydroxylation sites is 1. The van der Waals surface area contributed by atoms with Gasteiger partial charge >= 0.3 is 10.3 Å². The standard InChI is InChI=1S/C23H22N4O6S4/c1-16(28)24-17-9-11-19(12-10-17)36(29,30)26-20(21-15-35-23(25-21)22-8-5-13-34-22)14-27(37(31,32)33)18-6-3-2-4-7-18/h2-13,15,20,26H,14H2,1H3,(H,24,28)(H,31,32,33)/t20-/m0/s1. The lowest BCUT2D eigenvalue weighted by Gasteiger charge is -2.26. The quantitative estimate of drug-likeness (QED) is 0.240. The van der Waals surface area contributed by atoms with Crippen LogP contribution in [0.3, 0.4) is 0 Å². The number of hydrogen-bond donors (Lipinski definition) is 3. The molecule has 0 aliphatic carbocycles. The molecule has 3 N–H and O–H groups in total. The lowest BCUT2D eigenvalue weighted by atomic mass is 10.2. The average molecular weight is 579 g/mol. The van der Waals surface area contributed by atoms with Crippen LogP contribution < -0.4 is 14.3 Å². The third kappa shape index (κ3) is 6.80. The molecule has 0 aliphatic rings. The Bertz CT molecular complexity index is 1570. The minimum Gasteiger partial charge on any atom is -0.326 e. The molecule has 0 unspecified atom stereocenters. The summed E-state index contributed by atoms with van der Waals surface area (Å²) in [7, 11) is -8.93. The first-order valence-corrected chi connectivity index (χ1v) is 15.4. The van der Waals surface area contributed by atoms with Crippen molar-refractivity contribution in [2.24, 2.45) is 0 Å². The molecule has 37 heavy (non-hydrogen) atoms. The fraction of sp³-hybridized carbons (Fsp3) is 0.130. The van der Waals surface area contributed by atoms with Gasteiger partial charge in [-0.05, 0) is 47.8 Å². The number of amides is 1. The van der Waals surface area contributed by atoms with Crippen molar-refractivity contribution < 1.29 is 26.2 Å². The summed E-state index contributed by atoms with van der Waals surface area (Å²) >= 11 is 2.75. The van der Waals surface area contributed by atoms with Gasteiger partial charge in [0.05, 0.1) is 33.7 Å². The third-order valence-corrected chi connectivity index (χ3v) is 9.37. The van der Waals surface area contributed by atoms with Crippen molar-refractivity contribution in [3.8, 4) is 9.88 Å². The topological polar surface area (TPSA) is 146 Å². The zero-order chi connectivity index (χ0) is 26.6. The van der Waals surface area contributed by atoms with E-state index < -0.39 is 32.9 Å². The molecule has 4 rings (SSSR count). The molecule has 14 heteroatoms. The van der Waals surface area contributed by atoms with Crippen molar-refractivity contribution in [3.63, 3.8) is 0 Å². The van der Waals surface area contributed by atoms with Gasteiger partial charge in [-0.15, -0.1) is 22.7 Å². The average Bonchev–Trinajstić information content (AvgIpc) is 3.54. The first-order valence-electron chi connectivity index (χ1n) is 10.7. The highest BCUT2D eigenvalue weighted by molar-refractivity contribution is 7.89. The van der Waals surface area contributed by atoms with Gasteiger partial charge in [-0.3, -0.25) is 9.35 Å². The molecule has 2 heterocycles. The molecule has 0 saturated carbocycles. The number of thiazole rings is 1. The van der Waals surface area contributed by atoms with E-state index in [0.29, 0.717) is 15.0 Å². The second kappa shape index (κ2) is 11.1. The summed E-state index contributed by atoms with van der Waals surface area (Å²) in [5.74, 6) is -0.301.